The van der Waals surface area contributed by atoms with E-state index < -0.39 is 23.1 Å². The average molecular weight is 476 g/mol. The Kier molecular flexibility index (Phi) is 6.64. The predicted octanol–water partition coefficient (Wildman–Crippen LogP) is 3.91. The smallest absolute Gasteiger partial charge is 0.336 e. The summed E-state index contributed by atoms with van der Waals surface area (Å²) in [4.78, 5) is 39.3. The number of benzene rings is 2. The number of hydrogen-bond acceptors (Lipinski definition) is 6. The van der Waals surface area contributed by atoms with Gasteiger partial charge in [0, 0.05) is 19.8 Å². The molecule has 2 heterocycles. The lowest BCUT2D eigenvalue weighted by Crippen LogP contribution is -2.43. The van der Waals surface area contributed by atoms with Gasteiger partial charge in [-0.3, -0.25) is 13.9 Å². The maximum absolute atomic E-state index is 13.4. The molecule has 1 aliphatic rings. The van der Waals surface area contributed by atoms with Crippen LogP contribution in [0.5, 0.6) is 11.5 Å². The molecule has 1 aliphatic heterocycles. The molecule has 182 valence electrons. The van der Waals surface area contributed by atoms with Gasteiger partial charge in [-0.2, -0.15) is 0 Å². The van der Waals surface area contributed by atoms with Crippen molar-refractivity contribution in [1.29, 1.82) is 0 Å². The first-order valence-corrected chi connectivity index (χ1v) is 11.5. The predicted molar refractivity (Wildman–Crippen MR) is 134 cm³/mol. The summed E-state index contributed by atoms with van der Waals surface area (Å²) in [6.07, 6.45) is 0. The SMILES string of the molecule is CC1=C(C(=O)OCC(C)C)C(c2cccc(Oc3ccccc3)c2)c2c(n(C)c(=O)n(C)c2=O)N1. The van der Waals surface area contributed by atoms with Crippen molar-refractivity contribution in [3.63, 3.8) is 0 Å². The number of hydrogen-bond donors (Lipinski definition) is 1. The zero-order chi connectivity index (χ0) is 25.3. The summed E-state index contributed by atoms with van der Waals surface area (Å²) < 4.78 is 14.0. The quantitative estimate of drug-likeness (QED) is 0.544. The van der Waals surface area contributed by atoms with Crippen molar-refractivity contribution in [3.05, 3.63) is 97.8 Å². The van der Waals surface area contributed by atoms with Crippen LogP contribution in [0, 0.1) is 5.92 Å². The first kappa shape index (κ1) is 24.1. The Morgan fingerprint density at radius 3 is 2.37 bits per heavy atom. The van der Waals surface area contributed by atoms with Crippen LogP contribution in [0.15, 0.2) is 75.5 Å². The summed E-state index contributed by atoms with van der Waals surface area (Å²) >= 11 is 0. The number of allylic oxidation sites excluding steroid dienone is 1. The van der Waals surface area contributed by atoms with Crippen LogP contribution in [0.2, 0.25) is 0 Å². The largest absolute Gasteiger partial charge is 0.462 e. The molecule has 3 aromatic rings. The first-order valence-electron chi connectivity index (χ1n) is 11.5. The van der Waals surface area contributed by atoms with Gasteiger partial charge in [-0.15, -0.1) is 0 Å². The van der Waals surface area contributed by atoms with Crippen molar-refractivity contribution in [3.8, 4) is 11.5 Å². The fraction of sp³-hybridized carbons (Fsp3) is 0.296. The minimum Gasteiger partial charge on any atom is -0.462 e. The number of anilines is 1. The lowest BCUT2D eigenvalue weighted by atomic mass is 9.82. The number of ether oxygens (including phenoxy) is 2. The van der Waals surface area contributed by atoms with Crippen LogP contribution < -0.4 is 21.3 Å². The highest BCUT2D eigenvalue weighted by molar-refractivity contribution is 5.94. The van der Waals surface area contributed by atoms with Gasteiger partial charge in [-0.1, -0.05) is 44.2 Å². The number of carbonyl (C=O) groups is 1. The second-order valence-corrected chi connectivity index (χ2v) is 9.04. The normalized spacial score (nSPS) is 15.0. The molecule has 8 heteroatoms. The molecule has 35 heavy (non-hydrogen) atoms. The van der Waals surface area contributed by atoms with Crippen LogP contribution in [0.25, 0.3) is 0 Å². The van der Waals surface area contributed by atoms with Crippen LogP contribution >= 0.6 is 0 Å². The van der Waals surface area contributed by atoms with Crippen molar-refractivity contribution < 1.29 is 14.3 Å². The number of rotatable bonds is 6. The third-order valence-corrected chi connectivity index (χ3v) is 5.92. The van der Waals surface area contributed by atoms with E-state index in [9.17, 15) is 14.4 Å². The van der Waals surface area contributed by atoms with Gasteiger partial charge in [-0.25, -0.2) is 9.59 Å². The molecule has 1 N–H and O–H groups in total. The molecule has 2 aromatic carbocycles. The minimum atomic E-state index is -0.754. The molecule has 0 radical (unpaired) electrons. The second-order valence-electron chi connectivity index (χ2n) is 9.04. The molecule has 0 bridgehead atoms. The molecule has 0 saturated carbocycles. The van der Waals surface area contributed by atoms with Gasteiger partial charge in [0.1, 0.15) is 17.3 Å². The highest BCUT2D eigenvalue weighted by atomic mass is 16.5. The molecular formula is C27H29N3O5. The lowest BCUT2D eigenvalue weighted by molar-refractivity contribution is -0.140. The van der Waals surface area contributed by atoms with Gasteiger partial charge in [0.2, 0.25) is 0 Å². The fourth-order valence-corrected chi connectivity index (χ4v) is 4.19. The van der Waals surface area contributed by atoms with Crippen molar-refractivity contribution in [2.45, 2.75) is 26.7 Å². The number of fused-ring (bicyclic) bond motifs is 1. The van der Waals surface area contributed by atoms with Crippen LogP contribution in [0.4, 0.5) is 5.82 Å². The summed E-state index contributed by atoms with van der Waals surface area (Å²) in [7, 11) is 3.02. The van der Waals surface area contributed by atoms with E-state index in [-0.39, 0.29) is 12.5 Å². The van der Waals surface area contributed by atoms with E-state index in [0.717, 1.165) is 4.57 Å². The van der Waals surface area contributed by atoms with Crippen LogP contribution in [0.3, 0.4) is 0 Å². The highest BCUT2D eigenvalue weighted by Crippen LogP contribution is 2.41. The molecule has 4 rings (SSSR count). The number of esters is 1. The van der Waals surface area contributed by atoms with E-state index in [1.165, 1.54) is 11.6 Å². The van der Waals surface area contributed by atoms with E-state index in [0.29, 0.717) is 39.7 Å². The van der Waals surface area contributed by atoms with E-state index in [1.54, 1.807) is 20.0 Å². The van der Waals surface area contributed by atoms with Gasteiger partial charge in [0.25, 0.3) is 5.56 Å². The fourth-order valence-electron chi connectivity index (χ4n) is 4.19. The van der Waals surface area contributed by atoms with Gasteiger partial charge < -0.3 is 14.8 Å². The monoisotopic (exact) mass is 475 g/mol. The number of nitrogens with zero attached hydrogens (tertiary/aromatic N) is 2. The Morgan fingerprint density at radius 1 is 1.00 bits per heavy atom. The van der Waals surface area contributed by atoms with Crippen molar-refractivity contribution in [1.82, 2.24) is 9.13 Å². The zero-order valence-corrected chi connectivity index (χ0v) is 20.5. The maximum atomic E-state index is 13.4. The van der Waals surface area contributed by atoms with Crippen molar-refractivity contribution in [2.24, 2.45) is 20.0 Å². The van der Waals surface area contributed by atoms with Gasteiger partial charge in [0.15, 0.2) is 0 Å². The molecule has 0 amide bonds. The third-order valence-electron chi connectivity index (χ3n) is 5.92. The first-order chi connectivity index (χ1) is 16.7. The van der Waals surface area contributed by atoms with Crippen LogP contribution in [-0.2, 0) is 23.6 Å². The molecule has 8 nitrogen and oxygen atoms in total. The number of nitrogens with one attached hydrogen (secondary N) is 1. The number of para-hydroxylation sites is 1. The molecule has 0 spiro atoms. The van der Waals surface area contributed by atoms with Crippen molar-refractivity contribution >= 4 is 11.8 Å². The average Bonchev–Trinajstić information content (AvgIpc) is 2.84. The molecular weight excluding hydrogens is 446 g/mol. The highest BCUT2D eigenvalue weighted by Gasteiger charge is 2.37. The molecule has 0 saturated heterocycles. The molecule has 0 fully saturated rings. The van der Waals surface area contributed by atoms with Crippen molar-refractivity contribution in [2.75, 3.05) is 11.9 Å². The van der Waals surface area contributed by atoms with Gasteiger partial charge in [0.05, 0.1) is 23.7 Å². The topological polar surface area (TPSA) is 91.6 Å². The molecule has 1 unspecified atom stereocenters. The Morgan fingerprint density at radius 2 is 1.69 bits per heavy atom. The zero-order valence-electron chi connectivity index (χ0n) is 20.5. The summed E-state index contributed by atoms with van der Waals surface area (Å²) in [6, 6.07) is 16.6. The summed E-state index contributed by atoms with van der Waals surface area (Å²) in [5, 5.41) is 3.11. The Hall–Kier alpha value is -4.07. The van der Waals surface area contributed by atoms with Gasteiger partial charge in [-0.05, 0) is 42.7 Å². The van der Waals surface area contributed by atoms with E-state index in [4.69, 9.17) is 9.47 Å². The number of carbonyl (C=O) groups excluding carboxylic acids is 1. The van der Waals surface area contributed by atoms with E-state index >= 15 is 0 Å². The third kappa shape index (κ3) is 4.64. The van der Waals surface area contributed by atoms with Crippen LogP contribution in [-0.4, -0.2) is 21.7 Å². The molecule has 1 aromatic heterocycles. The molecule has 1 atom stereocenters. The maximum Gasteiger partial charge on any atom is 0.336 e. The second kappa shape index (κ2) is 9.66. The van der Waals surface area contributed by atoms with Crippen LogP contribution in [0.1, 0.15) is 37.8 Å². The number of aromatic nitrogens is 2. The minimum absolute atomic E-state index is 0.151. The molecule has 0 aliphatic carbocycles. The Labute approximate surface area is 203 Å². The summed E-state index contributed by atoms with van der Waals surface area (Å²) in [5.41, 5.74) is 0.887. The summed E-state index contributed by atoms with van der Waals surface area (Å²) in [5.74, 6) is 0.467. The van der Waals surface area contributed by atoms with E-state index in [2.05, 4.69) is 5.32 Å². The Balaban J connectivity index is 1.89. The Bertz CT molecular complexity index is 1420. The summed E-state index contributed by atoms with van der Waals surface area (Å²) in [6.45, 7) is 5.90. The lowest BCUT2D eigenvalue weighted by Gasteiger charge is -2.31. The standard InChI is InChI=1S/C27H29N3O5/c1-16(2)15-34-26(32)21-17(3)28-24-23(25(31)30(5)27(33)29(24)4)22(21)18-10-9-13-20(14-18)35-19-11-7-6-8-12-19/h6-14,16,22,28H,15H2,1-5H3. The van der Waals surface area contributed by atoms with E-state index in [1.807, 2.05) is 62.4 Å². The van der Waals surface area contributed by atoms with Gasteiger partial charge >= 0.3 is 11.7 Å².